The van der Waals surface area contributed by atoms with Crippen molar-refractivity contribution in [3.8, 4) is 0 Å². The molecule has 0 aromatic rings. The van der Waals surface area contributed by atoms with Gasteiger partial charge in [-0.15, -0.1) is 0 Å². The Bertz CT molecular complexity index is 531. The Balaban J connectivity index is 2.52. The van der Waals surface area contributed by atoms with E-state index >= 15 is 0 Å². The highest BCUT2D eigenvalue weighted by Gasteiger charge is 2.66. The molecule has 0 saturated carbocycles. The number of ether oxygens (including phenoxy) is 3. The highest BCUT2D eigenvalue weighted by atomic mass is 16.5. The van der Waals surface area contributed by atoms with E-state index in [2.05, 4.69) is 0 Å². The quantitative estimate of drug-likeness (QED) is 0.817. The first-order chi connectivity index (χ1) is 10.2. The summed E-state index contributed by atoms with van der Waals surface area (Å²) in [6, 6.07) is 0. The molecule has 0 aliphatic heterocycles. The molecule has 2 aliphatic carbocycles. The van der Waals surface area contributed by atoms with Gasteiger partial charge in [-0.3, -0.25) is 4.79 Å². The van der Waals surface area contributed by atoms with Crippen molar-refractivity contribution in [1.29, 1.82) is 0 Å². The second-order valence-corrected chi connectivity index (χ2v) is 6.64. The summed E-state index contributed by atoms with van der Waals surface area (Å²) in [5.74, 6) is 0.735. The lowest BCUT2D eigenvalue weighted by molar-refractivity contribution is -0.133. The molecular weight excluding hydrogens is 284 g/mol. The Morgan fingerprint density at radius 3 is 2.32 bits per heavy atom. The first-order valence-electron chi connectivity index (χ1n) is 7.85. The molecule has 22 heavy (non-hydrogen) atoms. The zero-order valence-corrected chi connectivity index (χ0v) is 14.2. The minimum Gasteiger partial charge on any atom is -0.498 e. The number of rotatable bonds is 6. The molecule has 5 heteroatoms. The summed E-state index contributed by atoms with van der Waals surface area (Å²) < 4.78 is 17.0. The van der Waals surface area contributed by atoms with E-state index in [1.165, 1.54) is 0 Å². The van der Waals surface area contributed by atoms with Gasteiger partial charge in [-0.2, -0.15) is 0 Å². The van der Waals surface area contributed by atoms with Gasteiger partial charge >= 0.3 is 0 Å². The second-order valence-electron chi connectivity index (χ2n) is 6.64. The van der Waals surface area contributed by atoms with Crippen LogP contribution >= 0.6 is 0 Å². The van der Waals surface area contributed by atoms with Crippen LogP contribution in [0.15, 0.2) is 23.4 Å². The van der Waals surface area contributed by atoms with Crippen LogP contribution in [0.25, 0.3) is 0 Å². The van der Waals surface area contributed by atoms with Gasteiger partial charge in [0.2, 0.25) is 11.5 Å². The summed E-state index contributed by atoms with van der Waals surface area (Å²) in [4.78, 5) is 12.9. The molecule has 124 valence electrons. The number of hydrogen-bond donors (Lipinski definition) is 1. The summed E-state index contributed by atoms with van der Waals surface area (Å²) in [6.45, 7) is 11.5. The Kier molecular flexibility index (Phi) is 4.30. The molecule has 0 radical (unpaired) electrons. The van der Waals surface area contributed by atoms with Gasteiger partial charge in [0.15, 0.2) is 11.4 Å². The van der Waals surface area contributed by atoms with Crippen molar-refractivity contribution < 1.29 is 24.1 Å². The van der Waals surface area contributed by atoms with E-state index in [9.17, 15) is 9.90 Å². The molecule has 2 atom stereocenters. The molecule has 0 unspecified atom stereocenters. The van der Waals surface area contributed by atoms with E-state index < -0.39 is 11.0 Å². The zero-order chi connectivity index (χ0) is 16.7. The monoisotopic (exact) mass is 310 g/mol. The van der Waals surface area contributed by atoms with Crippen LogP contribution in [-0.4, -0.2) is 35.3 Å². The maximum atomic E-state index is 12.9. The van der Waals surface area contributed by atoms with Gasteiger partial charge in [-0.05, 0) is 47.6 Å². The Morgan fingerprint density at radius 2 is 1.82 bits per heavy atom. The van der Waals surface area contributed by atoms with Crippen LogP contribution in [0, 0.1) is 5.41 Å². The molecule has 1 N–H and O–H groups in total. The summed E-state index contributed by atoms with van der Waals surface area (Å²) in [5.41, 5.74) is -2.55. The largest absolute Gasteiger partial charge is 0.498 e. The smallest absolute Gasteiger partial charge is 0.211 e. The van der Waals surface area contributed by atoms with Crippen LogP contribution in [0.1, 0.15) is 48.0 Å². The summed E-state index contributed by atoms with van der Waals surface area (Å²) in [7, 11) is 0. The lowest BCUT2D eigenvalue weighted by Gasteiger charge is -2.32. The van der Waals surface area contributed by atoms with E-state index in [1.807, 2.05) is 34.6 Å². The van der Waals surface area contributed by atoms with Crippen LogP contribution in [0.2, 0.25) is 0 Å². The van der Waals surface area contributed by atoms with Crippen LogP contribution in [0.4, 0.5) is 0 Å². The van der Waals surface area contributed by atoms with Crippen LogP contribution in [0.3, 0.4) is 0 Å². The normalized spacial score (nSPS) is 31.0. The fourth-order valence-electron chi connectivity index (χ4n) is 3.02. The fourth-order valence-corrected chi connectivity index (χ4v) is 3.02. The number of carbonyl (C=O) groups excluding carboxylic acids is 1. The van der Waals surface area contributed by atoms with Gasteiger partial charge in [0, 0.05) is 6.42 Å². The molecule has 0 spiro atoms. The molecule has 2 rings (SSSR count). The molecule has 0 aromatic carbocycles. The molecular formula is C17H26O5. The minimum absolute atomic E-state index is 0.139. The van der Waals surface area contributed by atoms with Crippen LogP contribution in [-0.2, 0) is 19.0 Å². The maximum Gasteiger partial charge on any atom is 0.211 e. The Labute approximate surface area is 131 Å². The Hall–Kier alpha value is -1.49. The van der Waals surface area contributed by atoms with E-state index in [-0.39, 0.29) is 29.5 Å². The molecule has 5 nitrogen and oxygen atoms in total. The van der Waals surface area contributed by atoms with E-state index in [4.69, 9.17) is 14.2 Å². The van der Waals surface area contributed by atoms with Gasteiger partial charge in [-0.25, -0.2) is 0 Å². The molecule has 2 aliphatic rings. The fraction of sp³-hybridized carbons (Fsp3) is 0.706. The van der Waals surface area contributed by atoms with Crippen molar-refractivity contribution in [2.75, 3.05) is 6.61 Å². The third-order valence-electron chi connectivity index (χ3n) is 4.04. The van der Waals surface area contributed by atoms with Crippen LogP contribution < -0.4 is 0 Å². The third kappa shape index (κ3) is 2.41. The first kappa shape index (κ1) is 16.9. The van der Waals surface area contributed by atoms with E-state index in [0.717, 1.165) is 0 Å². The predicted octanol–water partition coefficient (Wildman–Crippen LogP) is 2.69. The van der Waals surface area contributed by atoms with Crippen molar-refractivity contribution in [3.63, 3.8) is 0 Å². The Morgan fingerprint density at radius 1 is 1.23 bits per heavy atom. The average molecular weight is 310 g/mol. The molecule has 0 fully saturated rings. The molecule has 0 aromatic heterocycles. The van der Waals surface area contributed by atoms with Gasteiger partial charge in [0.1, 0.15) is 0 Å². The van der Waals surface area contributed by atoms with Gasteiger partial charge < -0.3 is 19.3 Å². The molecule has 0 saturated heterocycles. The van der Waals surface area contributed by atoms with Crippen molar-refractivity contribution in [2.24, 2.45) is 5.41 Å². The second kappa shape index (κ2) is 5.61. The number of carbonyl (C=O) groups is 1. The minimum atomic E-state index is -1.51. The number of ketones is 1. The lowest BCUT2D eigenvalue weighted by atomic mass is 9.76. The number of hydrogen-bond acceptors (Lipinski definition) is 5. The zero-order valence-electron chi connectivity index (χ0n) is 14.2. The van der Waals surface area contributed by atoms with Gasteiger partial charge in [0.05, 0.1) is 30.0 Å². The van der Waals surface area contributed by atoms with Crippen molar-refractivity contribution >= 4 is 5.78 Å². The summed E-state index contributed by atoms with van der Waals surface area (Å²) in [5, 5.41) is 11.2. The summed E-state index contributed by atoms with van der Waals surface area (Å²) in [6.07, 6.45) is 1.59. The van der Waals surface area contributed by atoms with Crippen molar-refractivity contribution in [3.05, 3.63) is 23.4 Å². The predicted molar refractivity (Wildman–Crippen MR) is 81.9 cm³/mol. The van der Waals surface area contributed by atoms with E-state index in [0.29, 0.717) is 18.8 Å². The van der Waals surface area contributed by atoms with Crippen molar-refractivity contribution in [1.82, 2.24) is 0 Å². The summed E-state index contributed by atoms with van der Waals surface area (Å²) >= 11 is 0. The van der Waals surface area contributed by atoms with Gasteiger partial charge in [0.25, 0.3) is 0 Å². The number of Topliss-reactive ketones (excluding diaryl/α,β-unsaturated/α-hetero) is 1. The highest BCUT2D eigenvalue weighted by molar-refractivity contribution is 6.04. The van der Waals surface area contributed by atoms with Gasteiger partial charge in [-0.1, -0.05) is 0 Å². The topological polar surface area (TPSA) is 65.0 Å². The molecule has 0 bridgehead atoms. The SMILES string of the molecule is CCOC1=C[C@]2(O)C(OC(C)C)=C(OC(C)C)C(=O)[C@]2(C)C1. The first-order valence-corrected chi connectivity index (χ1v) is 7.85. The number of allylic oxidation sites excluding steroid dienone is 2. The lowest BCUT2D eigenvalue weighted by Crippen LogP contribution is -2.44. The average Bonchev–Trinajstić information content (AvgIpc) is 2.72. The van der Waals surface area contributed by atoms with E-state index in [1.54, 1.807) is 13.0 Å². The highest BCUT2D eigenvalue weighted by Crippen LogP contribution is 2.56. The number of aliphatic hydroxyl groups is 1. The third-order valence-corrected chi connectivity index (χ3v) is 4.04. The number of fused-ring (bicyclic) bond motifs is 1. The maximum absolute atomic E-state index is 12.9. The molecule has 0 heterocycles. The van der Waals surface area contributed by atoms with Crippen LogP contribution in [0.5, 0.6) is 0 Å². The molecule has 0 amide bonds. The van der Waals surface area contributed by atoms with Crippen molar-refractivity contribution in [2.45, 2.75) is 65.8 Å². The standard InChI is InChI=1S/C17H26O5/c1-7-20-12-8-16(6)14(18)13(21-10(2)3)15(22-11(4)5)17(16,19)9-12/h9-11,19H,7-8H2,1-6H3/t16-,17-/m0/s1.